The first kappa shape index (κ1) is 25.2. The topological polar surface area (TPSA) is 98.1 Å². The van der Waals surface area contributed by atoms with Crippen molar-refractivity contribution in [2.24, 2.45) is 0 Å². The molecule has 3 rings (SSSR count). The first-order valence-corrected chi connectivity index (χ1v) is 12.0. The van der Waals surface area contributed by atoms with E-state index < -0.39 is 6.10 Å². The molecule has 0 aliphatic heterocycles. The maximum Gasteiger partial charge on any atom is 0.261 e. The van der Waals surface area contributed by atoms with Gasteiger partial charge in [0.05, 0.1) is 12.3 Å². The number of rotatable bonds is 11. The minimum absolute atomic E-state index is 0.115. The highest BCUT2D eigenvalue weighted by molar-refractivity contribution is 7.99. The maximum absolute atomic E-state index is 13.0. The number of halogens is 1. The summed E-state index contributed by atoms with van der Waals surface area (Å²) < 4.78 is 20.6. The molecule has 1 atom stereocenters. The monoisotopic (exact) mass is 485 g/mol. The highest BCUT2D eigenvalue weighted by Crippen LogP contribution is 2.18. The van der Waals surface area contributed by atoms with E-state index in [9.17, 15) is 14.0 Å². The lowest BCUT2D eigenvalue weighted by atomic mass is 10.2. The fraction of sp³-hybridized carbons (Fsp3) is 0.333. The average Bonchev–Trinajstić information content (AvgIpc) is 3.24. The van der Waals surface area contributed by atoms with Crippen molar-refractivity contribution in [2.45, 2.75) is 51.5 Å². The SMILES string of the molecule is CCc1ccc(O[C@@H](C)C(=O)NCc2nnc(SCC(=O)Nc3ccc(F)cc3)n2CC)cc1. The second-order valence-electron chi connectivity index (χ2n) is 7.46. The highest BCUT2D eigenvalue weighted by atomic mass is 32.2. The van der Waals surface area contributed by atoms with E-state index in [2.05, 4.69) is 27.8 Å². The van der Waals surface area contributed by atoms with Crippen molar-refractivity contribution in [2.75, 3.05) is 11.1 Å². The van der Waals surface area contributed by atoms with Crippen LogP contribution in [0.4, 0.5) is 10.1 Å². The molecule has 180 valence electrons. The van der Waals surface area contributed by atoms with Crippen LogP contribution >= 0.6 is 11.8 Å². The molecule has 0 spiro atoms. The number of aromatic nitrogens is 3. The molecule has 0 aliphatic carbocycles. The number of amides is 2. The Hall–Kier alpha value is -3.40. The van der Waals surface area contributed by atoms with E-state index in [4.69, 9.17) is 4.74 Å². The summed E-state index contributed by atoms with van der Waals surface area (Å²) in [5.41, 5.74) is 1.72. The third-order valence-electron chi connectivity index (χ3n) is 5.00. The third kappa shape index (κ3) is 7.05. The van der Waals surface area contributed by atoms with Gasteiger partial charge in [-0.05, 0) is 62.2 Å². The summed E-state index contributed by atoms with van der Waals surface area (Å²) in [6.45, 7) is 6.46. The largest absolute Gasteiger partial charge is 0.481 e. The van der Waals surface area contributed by atoms with Gasteiger partial charge < -0.3 is 19.9 Å². The van der Waals surface area contributed by atoms with Crippen LogP contribution in [0.15, 0.2) is 53.7 Å². The molecule has 34 heavy (non-hydrogen) atoms. The van der Waals surface area contributed by atoms with Crippen LogP contribution < -0.4 is 15.4 Å². The van der Waals surface area contributed by atoms with Crippen LogP contribution in [0.25, 0.3) is 0 Å². The Bertz CT molecular complexity index is 1100. The summed E-state index contributed by atoms with van der Waals surface area (Å²) in [6, 6.07) is 13.2. The first-order chi connectivity index (χ1) is 16.4. The molecule has 2 aromatic carbocycles. The van der Waals surface area contributed by atoms with Crippen LogP contribution in [0.3, 0.4) is 0 Å². The van der Waals surface area contributed by atoms with Crippen LogP contribution in [-0.2, 0) is 29.1 Å². The third-order valence-corrected chi connectivity index (χ3v) is 5.97. The molecule has 1 heterocycles. The van der Waals surface area contributed by atoms with E-state index in [1.54, 1.807) is 6.92 Å². The number of benzene rings is 2. The number of aryl methyl sites for hydroxylation is 1. The molecule has 0 aliphatic rings. The van der Waals surface area contributed by atoms with Gasteiger partial charge in [0.25, 0.3) is 5.91 Å². The molecule has 0 radical (unpaired) electrons. The molecular weight excluding hydrogens is 457 g/mol. The van der Waals surface area contributed by atoms with Crippen molar-refractivity contribution >= 4 is 29.3 Å². The van der Waals surface area contributed by atoms with Gasteiger partial charge in [-0.3, -0.25) is 9.59 Å². The zero-order chi connectivity index (χ0) is 24.5. The van der Waals surface area contributed by atoms with Crippen molar-refractivity contribution in [1.82, 2.24) is 20.1 Å². The molecule has 0 saturated carbocycles. The van der Waals surface area contributed by atoms with Gasteiger partial charge in [0, 0.05) is 12.2 Å². The second-order valence-corrected chi connectivity index (χ2v) is 8.40. The number of hydrogen-bond acceptors (Lipinski definition) is 6. The van der Waals surface area contributed by atoms with Gasteiger partial charge in [0.2, 0.25) is 5.91 Å². The second kappa shape index (κ2) is 12.2. The summed E-state index contributed by atoms with van der Waals surface area (Å²) >= 11 is 1.23. The smallest absolute Gasteiger partial charge is 0.261 e. The summed E-state index contributed by atoms with van der Waals surface area (Å²) in [5.74, 6) is 0.456. The predicted molar refractivity (Wildman–Crippen MR) is 129 cm³/mol. The van der Waals surface area contributed by atoms with Crippen molar-refractivity contribution in [3.8, 4) is 5.75 Å². The molecule has 3 aromatic rings. The van der Waals surface area contributed by atoms with Gasteiger partial charge in [0.1, 0.15) is 11.6 Å². The minimum atomic E-state index is -0.672. The summed E-state index contributed by atoms with van der Waals surface area (Å²) in [7, 11) is 0. The van der Waals surface area contributed by atoms with Crippen LogP contribution in [0, 0.1) is 5.82 Å². The van der Waals surface area contributed by atoms with Crippen LogP contribution in [0.5, 0.6) is 5.75 Å². The first-order valence-electron chi connectivity index (χ1n) is 11.0. The van der Waals surface area contributed by atoms with Crippen LogP contribution in [-0.4, -0.2) is 38.4 Å². The van der Waals surface area contributed by atoms with E-state index in [1.807, 2.05) is 35.8 Å². The lowest BCUT2D eigenvalue weighted by Crippen LogP contribution is -2.36. The molecular formula is C24H28FN5O3S. The van der Waals surface area contributed by atoms with Crippen LogP contribution in [0.1, 0.15) is 32.2 Å². The lowest BCUT2D eigenvalue weighted by molar-refractivity contribution is -0.127. The number of nitrogens with zero attached hydrogens (tertiary/aromatic N) is 3. The normalized spacial score (nSPS) is 11.6. The zero-order valence-corrected chi connectivity index (χ0v) is 20.2. The van der Waals surface area contributed by atoms with Gasteiger partial charge in [-0.15, -0.1) is 10.2 Å². The fourth-order valence-corrected chi connectivity index (χ4v) is 3.93. The van der Waals surface area contributed by atoms with E-state index in [0.29, 0.717) is 29.0 Å². The Kier molecular flexibility index (Phi) is 9.03. The van der Waals surface area contributed by atoms with E-state index in [-0.39, 0.29) is 29.9 Å². The Morgan fingerprint density at radius 3 is 2.44 bits per heavy atom. The molecule has 0 unspecified atom stereocenters. The number of anilines is 1. The standard InChI is InChI=1S/C24H28FN5O3S/c1-4-17-6-12-20(13-7-17)33-16(3)23(32)26-14-21-28-29-24(30(21)5-2)34-15-22(31)27-19-10-8-18(25)9-11-19/h6-13,16H,4-5,14-15H2,1-3H3,(H,26,32)(H,27,31)/t16-/m0/s1. The van der Waals surface area contributed by atoms with Gasteiger partial charge in [-0.1, -0.05) is 30.8 Å². The van der Waals surface area contributed by atoms with Crippen LogP contribution in [0.2, 0.25) is 0 Å². The Labute approximate surface area is 202 Å². The molecule has 10 heteroatoms. The van der Waals surface area contributed by atoms with Crippen molar-refractivity contribution in [3.63, 3.8) is 0 Å². The maximum atomic E-state index is 13.0. The number of ether oxygens (including phenoxy) is 1. The molecule has 8 nitrogen and oxygen atoms in total. The van der Waals surface area contributed by atoms with E-state index in [0.717, 1.165) is 6.42 Å². The highest BCUT2D eigenvalue weighted by Gasteiger charge is 2.18. The molecule has 0 bridgehead atoms. The fourth-order valence-electron chi connectivity index (χ4n) is 3.11. The minimum Gasteiger partial charge on any atom is -0.481 e. The van der Waals surface area contributed by atoms with E-state index in [1.165, 1.54) is 41.6 Å². The quantitative estimate of drug-likeness (QED) is 0.401. The molecule has 0 fully saturated rings. The van der Waals surface area contributed by atoms with Gasteiger partial charge in [0.15, 0.2) is 17.1 Å². The number of hydrogen-bond donors (Lipinski definition) is 2. The lowest BCUT2D eigenvalue weighted by Gasteiger charge is -2.15. The molecule has 2 amide bonds. The molecule has 2 N–H and O–H groups in total. The number of carbonyl (C=O) groups is 2. The van der Waals surface area contributed by atoms with Crippen molar-refractivity contribution < 1.29 is 18.7 Å². The Balaban J connectivity index is 1.50. The van der Waals surface area contributed by atoms with Gasteiger partial charge in [-0.25, -0.2) is 4.39 Å². The average molecular weight is 486 g/mol. The van der Waals surface area contributed by atoms with Gasteiger partial charge >= 0.3 is 0 Å². The number of thioether (sulfide) groups is 1. The summed E-state index contributed by atoms with van der Waals surface area (Å²) in [6.07, 6.45) is 0.266. The predicted octanol–water partition coefficient (Wildman–Crippen LogP) is 3.81. The van der Waals surface area contributed by atoms with E-state index >= 15 is 0 Å². The molecule has 1 aromatic heterocycles. The van der Waals surface area contributed by atoms with Gasteiger partial charge in [-0.2, -0.15) is 0 Å². The number of carbonyl (C=O) groups excluding carboxylic acids is 2. The number of nitrogens with one attached hydrogen (secondary N) is 2. The van der Waals surface area contributed by atoms with Crippen molar-refractivity contribution in [1.29, 1.82) is 0 Å². The summed E-state index contributed by atoms with van der Waals surface area (Å²) in [5, 5.41) is 14.4. The zero-order valence-electron chi connectivity index (χ0n) is 19.4. The Morgan fingerprint density at radius 1 is 1.09 bits per heavy atom. The van der Waals surface area contributed by atoms with Crippen molar-refractivity contribution in [3.05, 3.63) is 65.7 Å². The molecule has 0 saturated heterocycles. The summed E-state index contributed by atoms with van der Waals surface area (Å²) in [4.78, 5) is 24.7. The Morgan fingerprint density at radius 2 is 1.79 bits per heavy atom.